The van der Waals surface area contributed by atoms with Crippen LogP contribution >= 0.6 is 0 Å². The number of aromatic nitrogens is 4. The zero-order valence-corrected chi connectivity index (χ0v) is 27.0. The van der Waals surface area contributed by atoms with Gasteiger partial charge in [0.2, 0.25) is 0 Å². The molecule has 2 heterocycles. The molecule has 12 nitrogen and oxygen atoms in total. The van der Waals surface area contributed by atoms with E-state index >= 15 is 0 Å². The number of nitrogens with zero attached hydrogens (tertiary/aromatic N) is 9. The number of hydrogen-bond donors (Lipinski definition) is 1. The lowest BCUT2D eigenvalue weighted by Gasteiger charge is -2.26. The van der Waals surface area contributed by atoms with Gasteiger partial charge in [0.25, 0.3) is 0 Å². The van der Waals surface area contributed by atoms with Gasteiger partial charge in [0.15, 0.2) is 6.29 Å². The summed E-state index contributed by atoms with van der Waals surface area (Å²) in [5.41, 5.74) is 4.74. The van der Waals surface area contributed by atoms with Gasteiger partial charge in [0.05, 0.1) is 36.4 Å². The van der Waals surface area contributed by atoms with E-state index in [9.17, 15) is 9.59 Å². The van der Waals surface area contributed by atoms with Crippen LogP contribution in [0.25, 0.3) is 0 Å². The van der Waals surface area contributed by atoms with Crippen molar-refractivity contribution >= 4 is 30.7 Å². The molecule has 2 aromatic heterocycles. The fourth-order valence-electron chi connectivity index (χ4n) is 4.90. The third kappa shape index (κ3) is 12.4. The molecule has 4 aromatic rings. The molecule has 0 bridgehead atoms. The van der Waals surface area contributed by atoms with Crippen molar-refractivity contribution in [1.29, 1.82) is 0 Å². The van der Waals surface area contributed by atoms with Crippen LogP contribution in [0.5, 0.6) is 0 Å². The van der Waals surface area contributed by atoms with Crippen LogP contribution in [0.1, 0.15) is 39.4 Å². The number of rotatable bonds is 21. The highest BCUT2D eigenvalue weighted by Crippen LogP contribution is 2.08. The highest BCUT2D eigenvalue weighted by Gasteiger charge is 2.15. The number of carbonyl (C=O) groups excluding carboxylic acids is 2. The fourth-order valence-corrected chi connectivity index (χ4v) is 4.90. The second kappa shape index (κ2) is 19.9. The SMILES string of the molecule is C=CCC(C=O)N=CCN(CCN(CC(C=NCc1ccccc1)=NN)Cc1cccc(C=O)n1)Cc1cn(Cc2ccccc2)nn1. The molecule has 2 N–H and O–H groups in total. The normalized spacial score (nSPS) is 12.7. The monoisotopic (exact) mass is 646 g/mol. The molecule has 2 aromatic carbocycles. The van der Waals surface area contributed by atoms with Gasteiger partial charge < -0.3 is 10.6 Å². The number of aliphatic imine (C=N–C) groups is 2. The van der Waals surface area contributed by atoms with Gasteiger partial charge in [0.1, 0.15) is 18.0 Å². The molecule has 0 amide bonds. The number of carbonyl (C=O) groups is 2. The van der Waals surface area contributed by atoms with E-state index in [1.165, 1.54) is 0 Å². The van der Waals surface area contributed by atoms with E-state index in [2.05, 4.69) is 58.9 Å². The van der Waals surface area contributed by atoms with E-state index in [0.717, 1.165) is 35.1 Å². The molecule has 1 unspecified atom stereocenters. The minimum atomic E-state index is -0.470. The Balaban J connectivity index is 1.49. The summed E-state index contributed by atoms with van der Waals surface area (Å²) >= 11 is 0. The number of nitrogens with two attached hydrogens (primary N) is 1. The zero-order valence-electron chi connectivity index (χ0n) is 27.0. The average molecular weight is 647 g/mol. The third-order valence-electron chi connectivity index (χ3n) is 7.34. The lowest BCUT2D eigenvalue weighted by molar-refractivity contribution is -0.108. The summed E-state index contributed by atoms with van der Waals surface area (Å²) < 4.78 is 1.82. The van der Waals surface area contributed by atoms with Crippen molar-refractivity contribution in [3.63, 3.8) is 0 Å². The van der Waals surface area contributed by atoms with E-state index in [1.54, 1.807) is 24.6 Å². The summed E-state index contributed by atoms with van der Waals surface area (Å²) in [6.45, 7) is 7.90. The van der Waals surface area contributed by atoms with E-state index in [1.807, 2.05) is 71.5 Å². The number of benzene rings is 2. The first-order valence-electron chi connectivity index (χ1n) is 15.8. The molecule has 0 saturated carbocycles. The van der Waals surface area contributed by atoms with Crippen molar-refractivity contribution in [2.45, 2.75) is 38.6 Å². The molecule has 0 aliphatic heterocycles. The lowest BCUT2D eigenvalue weighted by Crippen LogP contribution is -2.39. The van der Waals surface area contributed by atoms with Crippen LogP contribution < -0.4 is 5.84 Å². The second-order valence-corrected chi connectivity index (χ2v) is 11.1. The van der Waals surface area contributed by atoms with Crippen LogP contribution in [0.4, 0.5) is 0 Å². The van der Waals surface area contributed by atoms with Gasteiger partial charge in [-0.15, -0.1) is 11.7 Å². The first kappa shape index (κ1) is 35.4. The third-order valence-corrected chi connectivity index (χ3v) is 7.34. The van der Waals surface area contributed by atoms with E-state index in [0.29, 0.717) is 70.2 Å². The zero-order chi connectivity index (χ0) is 33.8. The van der Waals surface area contributed by atoms with Gasteiger partial charge in [-0.3, -0.25) is 24.6 Å². The molecule has 48 heavy (non-hydrogen) atoms. The Bertz CT molecular complexity index is 1650. The standard InChI is InChI=1S/C36H42N10O2/c1-2-10-33(28-47)39-17-18-44(26-36-27-46(43-42-36)23-31-13-7-4-8-14-31)19-20-45(24-32-15-9-16-34(29-48)40-32)25-35(41-37)22-38-21-30-11-5-3-6-12-30/h2-9,11-17,22,27-29,33H,1,10,18-21,23-26,37H2. The van der Waals surface area contributed by atoms with Gasteiger partial charge in [-0.2, -0.15) is 5.10 Å². The molecule has 0 aliphatic rings. The van der Waals surface area contributed by atoms with Crippen LogP contribution in [0, 0.1) is 0 Å². The molecule has 4 rings (SSSR count). The van der Waals surface area contributed by atoms with Crippen molar-refractivity contribution in [1.82, 2.24) is 29.8 Å². The minimum absolute atomic E-state index is 0.366. The maximum absolute atomic E-state index is 11.5. The molecule has 0 fully saturated rings. The maximum atomic E-state index is 11.5. The summed E-state index contributed by atoms with van der Waals surface area (Å²) in [5.74, 6) is 5.81. The van der Waals surface area contributed by atoms with E-state index in [4.69, 9.17) is 5.84 Å². The predicted octanol–water partition coefficient (Wildman–Crippen LogP) is 3.64. The van der Waals surface area contributed by atoms with Crippen LogP contribution in [-0.4, -0.2) is 92.7 Å². The van der Waals surface area contributed by atoms with Crippen LogP contribution in [0.2, 0.25) is 0 Å². The maximum Gasteiger partial charge on any atom is 0.168 e. The van der Waals surface area contributed by atoms with E-state index < -0.39 is 6.04 Å². The summed E-state index contributed by atoms with van der Waals surface area (Å²) in [5, 5.41) is 12.8. The van der Waals surface area contributed by atoms with Gasteiger partial charge >= 0.3 is 0 Å². The van der Waals surface area contributed by atoms with E-state index in [-0.39, 0.29) is 0 Å². The van der Waals surface area contributed by atoms with Crippen molar-refractivity contribution in [3.8, 4) is 0 Å². The smallest absolute Gasteiger partial charge is 0.168 e. The number of aldehydes is 2. The van der Waals surface area contributed by atoms with Crippen molar-refractivity contribution in [2.75, 3.05) is 26.2 Å². The van der Waals surface area contributed by atoms with Gasteiger partial charge in [-0.25, -0.2) is 9.67 Å². The summed E-state index contributed by atoms with van der Waals surface area (Å²) in [6.07, 6.45) is 9.13. The topological polar surface area (TPSA) is 147 Å². The Kier molecular flexibility index (Phi) is 14.7. The molecule has 1 atom stereocenters. The molecule has 12 heteroatoms. The minimum Gasteiger partial charge on any atom is -0.323 e. The molecule has 248 valence electrons. The molecule has 0 radical (unpaired) electrons. The summed E-state index contributed by atoms with van der Waals surface area (Å²) in [7, 11) is 0. The lowest BCUT2D eigenvalue weighted by atomic mass is 10.2. The van der Waals surface area contributed by atoms with Gasteiger partial charge in [-0.1, -0.05) is 78.0 Å². The average Bonchev–Trinajstić information content (AvgIpc) is 3.56. The highest BCUT2D eigenvalue weighted by molar-refractivity contribution is 6.31. The largest absolute Gasteiger partial charge is 0.323 e. The summed E-state index contributed by atoms with van der Waals surface area (Å²) in [4.78, 5) is 40.7. The van der Waals surface area contributed by atoms with Gasteiger partial charge in [-0.05, 0) is 29.7 Å². The van der Waals surface area contributed by atoms with Crippen molar-refractivity contribution in [2.24, 2.45) is 20.9 Å². The van der Waals surface area contributed by atoms with Crippen LogP contribution in [-0.2, 0) is 31.0 Å². The molecule has 0 saturated heterocycles. The Morgan fingerprint density at radius 3 is 2.35 bits per heavy atom. The Hall–Kier alpha value is -5.46. The molecule has 0 aliphatic carbocycles. The van der Waals surface area contributed by atoms with Gasteiger partial charge in [0, 0.05) is 51.7 Å². The quantitative estimate of drug-likeness (QED) is 0.0475. The second-order valence-electron chi connectivity index (χ2n) is 11.1. The van der Waals surface area contributed by atoms with Crippen LogP contribution in [0.3, 0.4) is 0 Å². The Morgan fingerprint density at radius 2 is 1.65 bits per heavy atom. The number of hydrogen-bond acceptors (Lipinski definition) is 11. The molecule has 0 spiro atoms. The fraction of sp³-hybridized carbons (Fsp3) is 0.278. The highest BCUT2D eigenvalue weighted by atomic mass is 16.1. The molecular formula is C36H42N10O2. The van der Waals surface area contributed by atoms with Crippen molar-refractivity contribution < 1.29 is 9.59 Å². The Morgan fingerprint density at radius 1 is 0.917 bits per heavy atom. The first-order valence-corrected chi connectivity index (χ1v) is 15.8. The predicted molar refractivity (Wildman–Crippen MR) is 189 cm³/mol. The Labute approximate surface area is 281 Å². The number of pyridine rings is 1. The number of hydrazone groups is 1. The van der Waals surface area contributed by atoms with Crippen molar-refractivity contribution in [3.05, 3.63) is 126 Å². The summed E-state index contributed by atoms with van der Waals surface area (Å²) in [6, 6.07) is 24.9. The van der Waals surface area contributed by atoms with Crippen LogP contribution in [0.15, 0.2) is 113 Å². The first-order chi connectivity index (χ1) is 23.6. The molecular weight excluding hydrogens is 604 g/mol.